The highest BCUT2D eigenvalue weighted by atomic mass is 16.5. The Kier molecular flexibility index (Phi) is 4.21. The van der Waals surface area contributed by atoms with Crippen LogP contribution in [0.2, 0.25) is 0 Å². The summed E-state index contributed by atoms with van der Waals surface area (Å²) in [5, 5.41) is 3.39. The van der Waals surface area contributed by atoms with Gasteiger partial charge in [-0.05, 0) is 49.5 Å². The van der Waals surface area contributed by atoms with Crippen LogP contribution in [0.15, 0.2) is 29.3 Å². The van der Waals surface area contributed by atoms with Crippen molar-refractivity contribution >= 4 is 5.90 Å². The summed E-state index contributed by atoms with van der Waals surface area (Å²) in [6.07, 6.45) is 3.45. The summed E-state index contributed by atoms with van der Waals surface area (Å²) in [4.78, 5) is 4.75. The van der Waals surface area contributed by atoms with Crippen molar-refractivity contribution in [2.24, 2.45) is 10.9 Å². The number of rotatable bonds is 4. The van der Waals surface area contributed by atoms with Crippen LogP contribution in [-0.4, -0.2) is 32.7 Å². The lowest BCUT2D eigenvalue weighted by Crippen LogP contribution is -2.28. The molecule has 0 aliphatic carbocycles. The predicted octanol–water partition coefficient (Wildman–Crippen LogP) is 2.55. The van der Waals surface area contributed by atoms with Crippen molar-refractivity contribution in [2.45, 2.75) is 25.3 Å². The third-order valence-electron chi connectivity index (χ3n) is 4.11. The summed E-state index contributed by atoms with van der Waals surface area (Å²) < 4.78 is 11.1. The first kappa shape index (κ1) is 13.4. The molecule has 108 valence electrons. The van der Waals surface area contributed by atoms with Crippen molar-refractivity contribution in [1.29, 1.82) is 0 Å². The maximum absolute atomic E-state index is 5.79. The summed E-state index contributed by atoms with van der Waals surface area (Å²) in [7, 11) is 1.69. The Morgan fingerprint density at radius 1 is 1.35 bits per heavy atom. The highest BCUT2D eigenvalue weighted by molar-refractivity contribution is 5.78. The molecule has 2 aliphatic rings. The number of methoxy groups -OCH3 is 1. The Morgan fingerprint density at radius 2 is 2.20 bits per heavy atom. The van der Waals surface area contributed by atoms with Gasteiger partial charge in [-0.3, -0.25) is 0 Å². The molecule has 1 saturated heterocycles. The minimum absolute atomic E-state index is 0.127. The SMILES string of the molecule is COc1cccc(C2COC(CC3CCNCC3)=N2)c1. The molecular formula is C16H22N2O2. The third kappa shape index (κ3) is 3.12. The number of aliphatic imine (C=N–C) groups is 1. The van der Waals surface area contributed by atoms with E-state index in [4.69, 9.17) is 14.5 Å². The molecular weight excluding hydrogens is 252 g/mol. The van der Waals surface area contributed by atoms with Gasteiger partial charge in [-0.15, -0.1) is 0 Å². The lowest BCUT2D eigenvalue weighted by molar-refractivity contribution is 0.294. The topological polar surface area (TPSA) is 42.9 Å². The fourth-order valence-corrected chi connectivity index (χ4v) is 2.89. The molecule has 20 heavy (non-hydrogen) atoms. The van der Waals surface area contributed by atoms with Gasteiger partial charge in [0.15, 0.2) is 5.90 Å². The van der Waals surface area contributed by atoms with Crippen molar-refractivity contribution in [3.63, 3.8) is 0 Å². The van der Waals surface area contributed by atoms with Gasteiger partial charge in [0.05, 0.1) is 7.11 Å². The Hall–Kier alpha value is -1.55. The molecule has 0 aromatic heterocycles. The maximum atomic E-state index is 5.79. The minimum Gasteiger partial charge on any atom is -0.497 e. The molecule has 0 amide bonds. The van der Waals surface area contributed by atoms with E-state index in [-0.39, 0.29) is 6.04 Å². The third-order valence-corrected chi connectivity index (χ3v) is 4.11. The van der Waals surface area contributed by atoms with E-state index < -0.39 is 0 Å². The average molecular weight is 274 g/mol. The molecule has 0 bridgehead atoms. The van der Waals surface area contributed by atoms with Crippen LogP contribution in [0.5, 0.6) is 5.75 Å². The molecule has 1 aromatic carbocycles. The number of hydrogen-bond donors (Lipinski definition) is 1. The second-order valence-corrected chi connectivity index (χ2v) is 5.52. The molecule has 3 rings (SSSR count). The number of nitrogens with one attached hydrogen (secondary N) is 1. The molecule has 4 heteroatoms. The molecule has 1 fully saturated rings. The van der Waals surface area contributed by atoms with Crippen LogP contribution in [0, 0.1) is 5.92 Å². The molecule has 0 saturated carbocycles. The van der Waals surface area contributed by atoms with E-state index in [9.17, 15) is 0 Å². The summed E-state index contributed by atoms with van der Waals surface area (Å²) in [5.41, 5.74) is 1.17. The molecule has 2 aliphatic heterocycles. The number of hydrogen-bond acceptors (Lipinski definition) is 4. The summed E-state index contributed by atoms with van der Waals surface area (Å²) in [6, 6.07) is 8.23. The van der Waals surface area contributed by atoms with Crippen LogP contribution in [0.1, 0.15) is 30.9 Å². The first-order valence-electron chi connectivity index (χ1n) is 7.39. The van der Waals surface area contributed by atoms with Gasteiger partial charge in [0.25, 0.3) is 0 Å². The lowest BCUT2D eigenvalue weighted by Gasteiger charge is -2.21. The predicted molar refractivity (Wildman–Crippen MR) is 79.3 cm³/mol. The molecule has 1 aromatic rings. The van der Waals surface area contributed by atoms with Gasteiger partial charge in [-0.1, -0.05) is 12.1 Å². The molecule has 4 nitrogen and oxygen atoms in total. The van der Waals surface area contributed by atoms with E-state index in [1.165, 1.54) is 18.4 Å². The van der Waals surface area contributed by atoms with Gasteiger partial charge >= 0.3 is 0 Å². The number of benzene rings is 1. The van der Waals surface area contributed by atoms with E-state index in [1.54, 1.807) is 7.11 Å². The quantitative estimate of drug-likeness (QED) is 0.917. The summed E-state index contributed by atoms with van der Waals surface area (Å²) >= 11 is 0. The zero-order chi connectivity index (χ0) is 13.8. The maximum Gasteiger partial charge on any atom is 0.184 e. The van der Waals surface area contributed by atoms with Gasteiger partial charge in [-0.25, -0.2) is 4.99 Å². The second-order valence-electron chi connectivity index (χ2n) is 5.52. The number of ether oxygens (including phenoxy) is 2. The highest BCUT2D eigenvalue weighted by Crippen LogP contribution is 2.28. The first-order chi connectivity index (χ1) is 9.85. The molecule has 2 heterocycles. The van der Waals surface area contributed by atoms with Gasteiger partial charge in [0, 0.05) is 6.42 Å². The normalized spacial score (nSPS) is 23.2. The van der Waals surface area contributed by atoms with E-state index in [2.05, 4.69) is 11.4 Å². The van der Waals surface area contributed by atoms with Crippen LogP contribution in [0.4, 0.5) is 0 Å². The van der Waals surface area contributed by atoms with E-state index >= 15 is 0 Å². The van der Waals surface area contributed by atoms with E-state index in [1.807, 2.05) is 18.2 Å². The van der Waals surface area contributed by atoms with Crippen LogP contribution in [0.3, 0.4) is 0 Å². The van der Waals surface area contributed by atoms with E-state index in [0.29, 0.717) is 6.61 Å². The Bertz CT molecular complexity index is 481. The van der Waals surface area contributed by atoms with E-state index in [0.717, 1.165) is 37.1 Å². The largest absolute Gasteiger partial charge is 0.497 e. The average Bonchev–Trinajstić information content (AvgIpc) is 2.97. The van der Waals surface area contributed by atoms with Crippen molar-refractivity contribution in [3.05, 3.63) is 29.8 Å². The fourth-order valence-electron chi connectivity index (χ4n) is 2.89. The molecule has 1 unspecified atom stereocenters. The molecule has 0 spiro atoms. The zero-order valence-corrected chi connectivity index (χ0v) is 12.0. The second kappa shape index (κ2) is 6.27. The standard InChI is InChI=1S/C16H22N2O2/c1-19-14-4-2-3-13(10-14)15-11-20-16(18-15)9-12-5-7-17-8-6-12/h2-4,10,12,15,17H,5-9,11H2,1H3. The summed E-state index contributed by atoms with van der Waals surface area (Å²) in [5.74, 6) is 2.54. The monoisotopic (exact) mass is 274 g/mol. The summed E-state index contributed by atoms with van der Waals surface area (Å²) in [6.45, 7) is 2.90. The smallest absolute Gasteiger partial charge is 0.184 e. The highest BCUT2D eigenvalue weighted by Gasteiger charge is 2.24. The van der Waals surface area contributed by atoms with Crippen molar-refractivity contribution in [3.8, 4) is 5.75 Å². The van der Waals surface area contributed by atoms with Gasteiger partial charge < -0.3 is 14.8 Å². The van der Waals surface area contributed by atoms with Crippen LogP contribution < -0.4 is 10.1 Å². The lowest BCUT2D eigenvalue weighted by atomic mass is 9.95. The van der Waals surface area contributed by atoms with Crippen LogP contribution in [-0.2, 0) is 4.74 Å². The Balaban J connectivity index is 1.64. The van der Waals surface area contributed by atoms with Crippen molar-refractivity contribution in [2.75, 3.05) is 26.8 Å². The Labute approximate surface area is 120 Å². The minimum atomic E-state index is 0.127. The van der Waals surface area contributed by atoms with Gasteiger partial charge in [-0.2, -0.15) is 0 Å². The number of nitrogens with zero attached hydrogens (tertiary/aromatic N) is 1. The fraction of sp³-hybridized carbons (Fsp3) is 0.562. The molecule has 1 atom stereocenters. The molecule has 1 N–H and O–H groups in total. The van der Waals surface area contributed by atoms with Gasteiger partial charge in [0.2, 0.25) is 0 Å². The van der Waals surface area contributed by atoms with Crippen LogP contribution in [0.25, 0.3) is 0 Å². The molecule has 0 radical (unpaired) electrons. The van der Waals surface area contributed by atoms with Crippen molar-refractivity contribution in [1.82, 2.24) is 5.32 Å². The zero-order valence-electron chi connectivity index (χ0n) is 12.0. The number of piperidine rings is 1. The van der Waals surface area contributed by atoms with Gasteiger partial charge in [0.1, 0.15) is 18.4 Å². The van der Waals surface area contributed by atoms with Crippen LogP contribution >= 0.6 is 0 Å². The Morgan fingerprint density at radius 3 is 3.00 bits per heavy atom. The van der Waals surface area contributed by atoms with Crippen molar-refractivity contribution < 1.29 is 9.47 Å². The first-order valence-corrected chi connectivity index (χ1v) is 7.39.